The minimum Gasteiger partial charge on any atom is -0.465 e. The molecule has 3 N–H and O–H groups in total. The van der Waals surface area contributed by atoms with E-state index >= 15 is 0 Å². The van der Waals surface area contributed by atoms with Crippen molar-refractivity contribution in [2.75, 3.05) is 12.4 Å². The Bertz CT molecular complexity index is 616. The lowest BCUT2D eigenvalue weighted by Crippen LogP contribution is -2.48. The van der Waals surface area contributed by atoms with Gasteiger partial charge in [-0.3, -0.25) is 4.79 Å². The Morgan fingerprint density at radius 2 is 1.83 bits per heavy atom. The van der Waals surface area contributed by atoms with Crippen LogP contribution in [0.5, 0.6) is 0 Å². The Labute approximate surface area is 142 Å². The fourth-order valence-corrected chi connectivity index (χ4v) is 1.94. The summed E-state index contributed by atoms with van der Waals surface area (Å²) in [4.78, 5) is 35.4. The number of aryl methyl sites for hydroxylation is 1. The Morgan fingerprint density at radius 1 is 1.17 bits per heavy atom. The van der Waals surface area contributed by atoms with Crippen LogP contribution in [-0.2, 0) is 9.53 Å². The van der Waals surface area contributed by atoms with E-state index in [9.17, 15) is 14.4 Å². The molecule has 0 heterocycles. The van der Waals surface area contributed by atoms with Crippen molar-refractivity contribution in [1.82, 2.24) is 10.6 Å². The number of amides is 3. The number of anilines is 1. The highest BCUT2D eigenvalue weighted by atomic mass is 16.5. The van der Waals surface area contributed by atoms with Gasteiger partial charge >= 0.3 is 12.0 Å². The van der Waals surface area contributed by atoms with Gasteiger partial charge in [-0.1, -0.05) is 6.92 Å². The van der Waals surface area contributed by atoms with E-state index < -0.39 is 18.0 Å². The van der Waals surface area contributed by atoms with Crippen LogP contribution in [-0.4, -0.2) is 37.1 Å². The van der Waals surface area contributed by atoms with E-state index in [1.807, 2.05) is 13.8 Å². The lowest BCUT2D eigenvalue weighted by molar-refractivity contribution is -0.123. The van der Waals surface area contributed by atoms with Crippen LogP contribution in [0.4, 0.5) is 10.5 Å². The molecule has 7 heteroatoms. The summed E-state index contributed by atoms with van der Waals surface area (Å²) in [6, 6.07) is 3.71. The minimum absolute atomic E-state index is 0.0536. The van der Waals surface area contributed by atoms with Gasteiger partial charge in [0.25, 0.3) is 0 Å². The topological polar surface area (TPSA) is 96.5 Å². The average molecular weight is 335 g/mol. The summed E-state index contributed by atoms with van der Waals surface area (Å²) in [6.07, 6.45) is 0.816. The number of hydrogen-bond acceptors (Lipinski definition) is 4. The maximum absolute atomic E-state index is 12.0. The molecule has 1 aromatic rings. The van der Waals surface area contributed by atoms with E-state index in [0.717, 1.165) is 6.42 Å². The maximum atomic E-state index is 12.0. The second-order valence-electron chi connectivity index (χ2n) is 5.66. The normalized spacial score (nSPS) is 12.7. The predicted octanol–water partition coefficient (Wildman–Crippen LogP) is 2.21. The molecule has 0 aliphatic carbocycles. The van der Waals surface area contributed by atoms with Crippen LogP contribution < -0.4 is 16.0 Å². The largest absolute Gasteiger partial charge is 0.465 e. The number of benzene rings is 1. The molecule has 0 aliphatic heterocycles. The highest BCUT2D eigenvalue weighted by Crippen LogP contribution is 2.17. The summed E-state index contributed by atoms with van der Waals surface area (Å²) in [5.41, 5.74) is 1.67. The van der Waals surface area contributed by atoms with Crippen LogP contribution in [0.25, 0.3) is 0 Å². The van der Waals surface area contributed by atoms with E-state index in [1.165, 1.54) is 7.11 Å². The van der Waals surface area contributed by atoms with Crippen LogP contribution >= 0.6 is 0 Å². The molecular weight excluding hydrogens is 310 g/mol. The molecule has 0 fully saturated rings. The van der Waals surface area contributed by atoms with Gasteiger partial charge in [0.05, 0.1) is 12.7 Å². The van der Waals surface area contributed by atoms with Crippen molar-refractivity contribution in [3.63, 3.8) is 0 Å². The van der Waals surface area contributed by atoms with Gasteiger partial charge in [-0.25, -0.2) is 9.59 Å². The highest BCUT2D eigenvalue weighted by Gasteiger charge is 2.17. The molecule has 0 saturated heterocycles. The first kappa shape index (κ1) is 19.5. The number of methoxy groups -OCH3 is 1. The van der Waals surface area contributed by atoms with Crippen molar-refractivity contribution in [3.8, 4) is 0 Å². The van der Waals surface area contributed by atoms with E-state index in [4.69, 9.17) is 0 Å². The number of carbonyl (C=O) groups excluding carboxylic acids is 3. The van der Waals surface area contributed by atoms with Crippen LogP contribution in [0.2, 0.25) is 0 Å². The number of hydrogen-bond donors (Lipinski definition) is 3. The van der Waals surface area contributed by atoms with Gasteiger partial charge in [-0.15, -0.1) is 0 Å². The van der Waals surface area contributed by atoms with Gasteiger partial charge in [0.1, 0.15) is 6.04 Å². The molecule has 0 bridgehead atoms. The molecule has 1 aromatic carbocycles. The van der Waals surface area contributed by atoms with Crippen LogP contribution in [0.3, 0.4) is 0 Å². The number of nitrogens with one attached hydrogen (secondary N) is 3. The van der Waals surface area contributed by atoms with Crippen molar-refractivity contribution in [2.45, 2.75) is 46.2 Å². The zero-order chi connectivity index (χ0) is 18.3. The lowest BCUT2D eigenvalue weighted by atomic mass is 10.1. The fraction of sp³-hybridized carbons (Fsp3) is 0.471. The second kappa shape index (κ2) is 8.90. The molecule has 24 heavy (non-hydrogen) atoms. The van der Waals surface area contributed by atoms with E-state index in [-0.39, 0.29) is 11.9 Å². The van der Waals surface area contributed by atoms with Gasteiger partial charge in [0, 0.05) is 11.7 Å². The Kier molecular flexibility index (Phi) is 7.23. The highest BCUT2D eigenvalue weighted by molar-refractivity contribution is 5.95. The average Bonchev–Trinajstić information content (AvgIpc) is 2.55. The monoisotopic (exact) mass is 335 g/mol. The van der Waals surface area contributed by atoms with Gasteiger partial charge in [-0.2, -0.15) is 0 Å². The number of ether oxygens (including phenoxy) is 1. The third kappa shape index (κ3) is 5.57. The third-order valence-electron chi connectivity index (χ3n) is 3.64. The first-order chi connectivity index (χ1) is 11.3. The van der Waals surface area contributed by atoms with E-state index in [2.05, 4.69) is 20.7 Å². The van der Waals surface area contributed by atoms with Gasteiger partial charge in [-0.05, 0) is 51.0 Å². The molecule has 2 unspecified atom stereocenters. The van der Waals surface area contributed by atoms with Gasteiger partial charge < -0.3 is 20.7 Å². The number of rotatable bonds is 6. The molecule has 0 saturated carbocycles. The molecule has 132 valence electrons. The van der Waals surface area contributed by atoms with E-state index in [1.54, 1.807) is 32.0 Å². The fourth-order valence-electron chi connectivity index (χ4n) is 1.94. The van der Waals surface area contributed by atoms with E-state index in [0.29, 0.717) is 16.8 Å². The molecule has 3 amide bonds. The van der Waals surface area contributed by atoms with Crippen LogP contribution in [0.15, 0.2) is 18.2 Å². The Morgan fingerprint density at radius 3 is 2.38 bits per heavy atom. The zero-order valence-corrected chi connectivity index (χ0v) is 14.7. The number of carbonyl (C=O) groups is 3. The Hall–Kier alpha value is -2.57. The molecule has 1 rings (SSSR count). The lowest BCUT2D eigenvalue weighted by Gasteiger charge is -2.18. The summed E-state index contributed by atoms with van der Waals surface area (Å²) in [6.45, 7) is 7.25. The molecule has 0 aromatic heterocycles. The standard InChI is InChI=1S/C17H25N3O4/c1-6-11(3)18-15(21)12(4)19-17(23)20-14-8-7-13(9-10(14)2)16(22)24-5/h7-9,11-12H,6H2,1-5H3,(H,18,21)(H2,19,20,23). The first-order valence-electron chi connectivity index (χ1n) is 7.85. The van der Waals surface area contributed by atoms with Crippen molar-refractivity contribution in [1.29, 1.82) is 0 Å². The second-order valence-corrected chi connectivity index (χ2v) is 5.66. The quantitative estimate of drug-likeness (QED) is 0.694. The first-order valence-corrected chi connectivity index (χ1v) is 7.85. The summed E-state index contributed by atoms with van der Waals surface area (Å²) in [5.74, 6) is -0.679. The summed E-state index contributed by atoms with van der Waals surface area (Å²) in [7, 11) is 1.31. The summed E-state index contributed by atoms with van der Waals surface area (Å²) >= 11 is 0. The summed E-state index contributed by atoms with van der Waals surface area (Å²) in [5, 5.41) is 8.05. The van der Waals surface area contributed by atoms with Gasteiger partial charge in [0.2, 0.25) is 5.91 Å². The van der Waals surface area contributed by atoms with Crippen LogP contribution in [0, 0.1) is 6.92 Å². The maximum Gasteiger partial charge on any atom is 0.337 e. The van der Waals surface area contributed by atoms with Crippen molar-refractivity contribution in [3.05, 3.63) is 29.3 Å². The molecular formula is C17H25N3O4. The van der Waals surface area contributed by atoms with Crippen molar-refractivity contribution in [2.24, 2.45) is 0 Å². The number of urea groups is 1. The SMILES string of the molecule is CCC(C)NC(=O)C(C)NC(=O)Nc1ccc(C(=O)OC)cc1C. The van der Waals surface area contributed by atoms with Crippen LogP contribution in [0.1, 0.15) is 43.1 Å². The number of esters is 1. The molecule has 0 spiro atoms. The van der Waals surface area contributed by atoms with Crippen molar-refractivity contribution < 1.29 is 19.1 Å². The summed E-state index contributed by atoms with van der Waals surface area (Å²) < 4.78 is 4.65. The molecule has 7 nitrogen and oxygen atoms in total. The van der Waals surface area contributed by atoms with Crippen molar-refractivity contribution >= 4 is 23.6 Å². The molecule has 0 aliphatic rings. The molecule has 0 radical (unpaired) electrons. The van der Waals surface area contributed by atoms with Gasteiger partial charge in [0.15, 0.2) is 0 Å². The predicted molar refractivity (Wildman–Crippen MR) is 92.0 cm³/mol. The molecule has 2 atom stereocenters. The Balaban J connectivity index is 2.65. The minimum atomic E-state index is -0.659. The zero-order valence-electron chi connectivity index (χ0n) is 14.7. The third-order valence-corrected chi connectivity index (χ3v) is 3.64. The smallest absolute Gasteiger partial charge is 0.337 e.